The van der Waals surface area contributed by atoms with Gasteiger partial charge in [0.15, 0.2) is 14.9 Å². The van der Waals surface area contributed by atoms with Crippen molar-refractivity contribution in [3.8, 4) is 11.8 Å². The highest BCUT2D eigenvalue weighted by Crippen LogP contribution is 2.38. The summed E-state index contributed by atoms with van der Waals surface area (Å²) in [6.45, 7) is 9.20. The topological polar surface area (TPSA) is 65.0 Å². The SMILES string of the molecule is CC(C)(C)[Si](C)(C)OCCC#C/C(=C/COC(=O)OCC(F)(F)F)C1(O)CCC1. The number of alkyl halides is 3. The Labute approximate surface area is 171 Å². The summed E-state index contributed by atoms with van der Waals surface area (Å²) in [4.78, 5) is 11.2. The van der Waals surface area contributed by atoms with E-state index in [0.29, 0.717) is 31.4 Å². The van der Waals surface area contributed by atoms with Gasteiger partial charge in [-0.1, -0.05) is 32.6 Å². The van der Waals surface area contributed by atoms with E-state index in [1.807, 2.05) is 0 Å². The predicted molar refractivity (Wildman–Crippen MR) is 106 cm³/mol. The van der Waals surface area contributed by atoms with Crippen molar-refractivity contribution in [3.05, 3.63) is 11.6 Å². The van der Waals surface area contributed by atoms with Gasteiger partial charge >= 0.3 is 12.3 Å². The number of carbonyl (C=O) groups excluding carboxylic acids is 1. The van der Waals surface area contributed by atoms with E-state index in [2.05, 4.69) is 55.2 Å². The molecule has 0 radical (unpaired) electrons. The van der Waals surface area contributed by atoms with Gasteiger partial charge in [0.25, 0.3) is 0 Å². The lowest BCUT2D eigenvalue weighted by Gasteiger charge is -2.37. The Kier molecular flexibility index (Phi) is 8.81. The van der Waals surface area contributed by atoms with Crippen LogP contribution in [0.25, 0.3) is 0 Å². The molecule has 5 nitrogen and oxygen atoms in total. The molecule has 0 aromatic heterocycles. The first kappa shape index (κ1) is 25.5. The highest BCUT2D eigenvalue weighted by atomic mass is 28.4. The van der Waals surface area contributed by atoms with Gasteiger partial charge < -0.3 is 19.0 Å². The quantitative estimate of drug-likeness (QED) is 0.265. The first-order valence-corrected chi connectivity index (χ1v) is 12.5. The van der Waals surface area contributed by atoms with Crippen molar-refractivity contribution in [2.75, 3.05) is 19.8 Å². The Balaban J connectivity index is 2.59. The number of hydrogen-bond acceptors (Lipinski definition) is 5. The van der Waals surface area contributed by atoms with Crippen LogP contribution in [0.5, 0.6) is 0 Å². The molecule has 0 unspecified atom stereocenters. The molecule has 0 atom stereocenters. The average Bonchev–Trinajstić information content (AvgIpc) is 2.54. The van der Waals surface area contributed by atoms with Crippen molar-refractivity contribution in [1.82, 2.24) is 0 Å². The summed E-state index contributed by atoms with van der Waals surface area (Å²) in [6, 6.07) is 0. The van der Waals surface area contributed by atoms with E-state index in [1.165, 1.54) is 6.08 Å². The van der Waals surface area contributed by atoms with Crippen molar-refractivity contribution in [2.24, 2.45) is 0 Å². The summed E-state index contributed by atoms with van der Waals surface area (Å²) in [5, 5.41) is 10.6. The Morgan fingerprint density at radius 2 is 1.83 bits per heavy atom. The Morgan fingerprint density at radius 3 is 2.31 bits per heavy atom. The van der Waals surface area contributed by atoms with Gasteiger partial charge in [0, 0.05) is 18.6 Å². The minimum absolute atomic E-state index is 0.102. The number of carbonyl (C=O) groups is 1. The molecule has 0 aromatic carbocycles. The second-order valence-corrected chi connectivity index (χ2v) is 13.4. The first-order chi connectivity index (χ1) is 13.2. The zero-order valence-corrected chi connectivity index (χ0v) is 18.7. The molecular formula is C20H31F3O5Si. The van der Waals surface area contributed by atoms with Gasteiger partial charge in [0.05, 0.1) is 5.60 Å². The molecule has 1 fully saturated rings. The Bertz CT molecular complexity index is 650. The fourth-order valence-corrected chi connectivity index (χ4v) is 3.29. The van der Waals surface area contributed by atoms with Gasteiger partial charge in [-0.3, -0.25) is 0 Å². The Hall–Kier alpha value is -1.50. The molecular weight excluding hydrogens is 405 g/mol. The lowest BCUT2D eigenvalue weighted by Crippen LogP contribution is -2.40. The van der Waals surface area contributed by atoms with Crippen molar-refractivity contribution >= 4 is 14.5 Å². The zero-order valence-electron chi connectivity index (χ0n) is 17.7. The number of halogens is 3. The summed E-state index contributed by atoms with van der Waals surface area (Å²) in [5.74, 6) is 5.87. The van der Waals surface area contributed by atoms with Crippen LogP contribution in [0.1, 0.15) is 46.5 Å². The lowest BCUT2D eigenvalue weighted by molar-refractivity contribution is -0.165. The third kappa shape index (κ3) is 8.80. The van der Waals surface area contributed by atoms with Crippen LogP contribution in [-0.4, -0.2) is 51.2 Å². The molecule has 0 amide bonds. The normalized spacial score (nSPS) is 17.1. The van der Waals surface area contributed by atoms with Crippen molar-refractivity contribution in [1.29, 1.82) is 0 Å². The maximum absolute atomic E-state index is 12.0. The average molecular weight is 437 g/mol. The fraction of sp³-hybridized carbons (Fsp3) is 0.750. The Morgan fingerprint density at radius 1 is 1.21 bits per heavy atom. The summed E-state index contributed by atoms with van der Waals surface area (Å²) < 4.78 is 50.7. The van der Waals surface area contributed by atoms with Crippen LogP contribution in [0.2, 0.25) is 18.1 Å². The van der Waals surface area contributed by atoms with Gasteiger partial charge in [-0.2, -0.15) is 13.2 Å². The minimum Gasteiger partial charge on any atom is -0.430 e. The van der Waals surface area contributed by atoms with E-state index in [0.717, 1.165) is 6.42 Å². The van der Waals surface area contributed by atoms with Gasteiger partial charge in [-0.25, -0.2) is 4.79 Å². The number of hydrogen-bond donors (Lipinski definition) is 1. The predicted octanol–water partition coefficient (Wildman–Crippen LogP) is 4.96. The molecule has 29 heavy (non-hydrogen) atoms. The van der Waals surface area contributed by atoms with Crippen LogP contribution in [0.3, 0.4) is 0 Å². The van der Waals surface area contributed by atoms with E-state index in [-0.39, 0.29) is 11.6 Å². The molecule has 0 aliphatic heterocycles. The summed E-state index contributed by atoms with van der Waals surface area (Å²) in [6.07, 6.45) is -2.23. The molecule has 1 aliphatic carbocycles. The van der Waals surface area contributed by atoms with E-state index >= 15 is 0 Å². The van der Waals surface area contributed by atoms with Gasteiger partial charge in [-0.05, 0) is 43.5 Å². The van der Waals surface area contributed by atoms with Crippen LogP contribution < -0.4 is 0 Å². The highest BCUT2D eigenvalue weighted by molar-refractivity contribution is 6.74. The number of rotatable bonds is 7. The monoisotopic (exact) mass is 436 g/mol. The summed E-state index contributed by atoms with van der Waals surface area (Å²) in [7, 11) is -1.85. The molecule has 0 heterocycles. The van der Waals surface area contributed by atoms with Gasteiger partial charge in [-0.15, -0.1) is 0 Å². The summed E-state index contributed by atoms with van der Waals surface area (Å²) in [5.41, 5.74) is -0.674. The van der Waals surface area contributed by atoms with Gasteiger partial charge in [0.1, 0.15) is 6.61 Å². The molecule has 1 rings (SSSR count). The third-order valence-corrected chi connectivity index (χ3v) is 9.78. The van der Waals surface area contributed by atoms with E-state index in [4.69, 9.17) is 4.43 Å². The van der Waals surface area contributed by atoms with Crippen LogP contribution >= 0.6 is 0 Å². The molecule has 1 aliphatic rings. The van der Waals surface area contributed by atoms with Crippen LogP contribution in [-0.2, 0) is 13.9 Å². The third-order valence-electron chi connectivity index (χ3n) is 5.24. The van der Waals surface area contributed by atoms with Crippen LogP contribution in [0, 0.1) is 11.8 Å². The van der Waals surface area contributed by atoms with Crippen molar-refractivity contribution in [3.63, 3.8) is 0 Å². The van der Waals surface area contributed by atoms with Crippen molar-refractivity contribution < 1.29 is 37.0 Å². The van der Waals surface area contributed by atoms with Gasteiger partial charge in [0.2, 0.25) is 0 Å². The molecule has 0 bridgehead atoms. The van der Waals surface area contributed by atoms with Crippen molar-refractivity contribution in [2.45, 2.75) is 76.4 Å². The van der Waals surface area contributed by atoms with E-state index in [9.17, 15) is 23.1 Å². The lowest BCUT2D eigenvalue weighted by atomic mass is 9.74. The summed E-state index contributed by atoms with van der Waals surface area (Å²) >= 11 is 0. The second kappa shape index (κ2) is 10.0. The number of ether oxygens (including phenoxy) is 2. The largest absolute Gasteiger partial charge is 0.508 e. The molecule has 1 saturated carbocycles. The maximum Gasteiger partial charge on any atom is 0.508 e. The molecule has 9 heteroatoms. The fourth-order valence-electron chi connectivity index (χ4n) is 2.25. The van der Waals surface area contributed by atoms with E-state index < -0.39 is 32.9 Å². The molecule has 0 spiro atoms. The maximum atomic E-state index is 12.0. The zero-order chi connectivity index (χ0) is 22.3. The molecule has 166 valence electrons. The molecule has 0 saturated heterocycles. The second-order valence-electron chi connectivity index (χ2n) is 8.63. The molecule has 0 aromatic rings. The molecule has 1 N–H and O–H groups in total. The number of aliphatic hydroxyl groups is 1. The standard InChI is InChI=1S/C20H31F3O5Si/c1-18(2,3)29(4,5)28-13-7-6-9-16(19(25)11-8-12-19)10-14-26-17(24)27-15-20(21,22)23/h10,25H,7-8,11-15H2,1-5H3/b16-10-. The minimum atomic E-state index is -4.61. The first-order valence-electron chi connectivity index (χ1n) is 9.58. The highest BCUT2D eigenvalue weighted by Gasteiger charge is 2.38. The smallest absolute Gasteiger partial charge is 0.430 e. The van der Waals surface area contributed by atoms with E-state index in [1.54, 1.807) is 0 Å². The van der Waals surface area contributed by atoms with Crippen LogP contribution in [0.15, 0.2) is 11.6 Å². The van der Waals surface area contributed by atoms with Crippen LogP contribution in [0.4, 0.5) is 18.0 Å².